The van der Waals surface area contributed by atoms with Crippen LogP contribution in [0.1, 0.15) is 48.7 Å². The van der Waals surface area contributed by atoms with Crippen molar-refractivity contribution in [3.63, 3.8) is 0 Å². The van der Waals surface area contributed by atoms with Crippen LogP contribution in [0.3, 0.4) is 0 Å². The molecule has 5 rings (SSSR count). The zero-order valence-corrected chi connectivity index (χ0v) is 17.0. The van der Waals surface area contributed by atoms with Crippen LogP contribution < -0.4 is 5.32 Å². The zero-order valence-electron chi connectivity index (χ0n) is 17.0. The summed E-state index contributed by atoms with van der Waals surface area (Å²) in [4.78, 5) is 16.8. The minimum Gasteiger partial charge on any atom is -0.424 e. The number of benzene rings is 1. The number of carbonyl (C=O) groups is 1. The van der Waals surface area contributed by atoms with Gasteiger partial charge in [-0.2, -0.15) is 5.26 Å². The number of allylic oxidation sites excluding steroid dienone is 4. The molecular weight excluding hydrogens is 390 g/mol. The van der Waals surface area contributed by atoms with E-state index in [4.69, 9.17) is 14.7 Å². The van der Waals surface area contributed by atoms with Crippen molar-refractivity contribution in [3.05, 3.63) is 71.6 Å². The molecule has 0 unspecified atom stereocenters. The molecule has 2 heterocycles. The first kappa shape index (κ1) is 19.2. The second kappa shape index (κ2) is 7.80. The van der Waals surface area contributed by atoms with Crippen LogP contribution in [-0.4, -0.2) is 26.6 Å². The van der Waals surface area contributed by atoms with E-state index in [0.29, 0.717) is 25.2 Å². The van der Waals surface area contributed by atoms with Crippen LogP contribution in [0.5, 0.6) is 0 Å². The van der Waals surface area contributed by atoms with Crippen molar-refractivity contribution >= 4 is 22.4 Å². The maximum Gasteiger partial charge on any atom is 0.230 e. The topological polar surface area (TPSA) is 105 Å². The predicted octanol–water partition coefficient (Wildman–Crippen LogP) is 3.66. The fraction of sp³-hybridized carbons (Fsp3) is 0.292. The maximum atomic E-state index is 12.1. The highest BCUT2D eigenvalue weighted by Crippen LogP contribution is 2.34. The molecule has 3 aromatic rings. The van der Waals surface area contributed by atoms with E-state index < -0.39 is 5.54 Å². The third kappa shape index (κ3) is 4.24. The van der Waals surface area contributed by atoms with Gasteiger partial charge >= 0.3 is 0 Å². The van der Waals surface area contributed by atoms with Crippen molar-refractivity contribution in [2.24, 2.45) is 0 Å². The predicted molar refractivity (Wildman–Crippen MR) is 115 cm³/mol. The van der Waals surface area contributed by atoms with Crippen LogP contribution in [0.25, 0.3) is 16.5 Å². The van der Waals surface area contributed by atoms with Gasteiger partial charge in [0.25, 0.3) is 0 Å². The third-order valence-corrected chi connectivity index (χ3v) is 5.57. The van der Waals surface area contributed by atoms with Gasteiger partial charge in [-0.05, 0) is 55.0 Å². The molecule has 0 radical (unpaired) electrons. The van der Waals surface area contributed by atoms with Gasteiger partial charge < -0.3 is 9.73 Å². The summed E-state index contributed by atoms with van der Waals surface area (Å²) in [5, 5.41) is 20.9. The van der Waals surface area contributed by atoms with Gasteiger partial charge in [-0.3, -0.25) is 9.78 Å². The number of amides is 1. The van der Waals surface area contributed by atoms with Gasteiger partial charge in [-0.25, -0.2) is 0 Å². The van der Waals surface area contributed by atoms with Crippen molar-refractivity contribution in [1.82, 2.24) is 20.5 Å². The monoisotopic (exact) mass is 411 g/mol. The first-order valence-corrected chi connectivity index (χ1v) is 10.4. The number of nitrogens with one attached hydrogen (secondary N) is 1. The SMILES string of the molecule is N#CC1(NC(=O)Cc2nnc(Cc3ccc4cc(C5=CCCC=C5)ccc4n3)o2)CC1. The Morgan fingerprint density at radius 3 is 2.81 bits per heavy atom. The molecule has 0 saturated heterocycles. The van der Waals surface area contributed by atoms with E-state index in [-0.39, 0.29) is 18.2 Å². The van der Waals surface area contributed by atoms with E-state index in [1.54, 1.807) is 0 Å². The molecule has 1 saturated carbocycles. The van der Waals surface area contributed by atoms with Crippen LogP contribution in [0.15, 0.2) is 53.0 Å². The first-order chi connectivity index (χ1) is 15.1. The molecular formula is C24H21N5O2. The molecule has 1 amide bonds. The Morgan fingerprint density at radius 1 is 1.16 bits per heavy atom. The summed E-state index contributed by atoms with van der Waals surface area (Å²) in [6, 6.07) is 12.4. The lowest BCUT2D eigenvalue weighted by molar-refractivity contribution is -0.121. The van der Waals surface area contributed by atoms with E-state index in [1.165, 1.54) is 11.1 Å². The highest BCUT2D eigenvalue weighted by atomic mass is 16.4. The summed E-state index contributed by atoms with van der Waals surface area (Å²) in [7, 11) is 0. The number of aromatic nitrogens is 3. The minimum absolute atomic E-state index is 0.0331. The molecule has 2 aliphatic carbocycles. The Labute approximate surface area is 179 Å². The smallest absolute Gasteiger partial charge is 0.230 e. The molecule has 1 aromatic carbocycles. The van der Waals surface area contributed by atoms with Crippen molar-refractivity contribution in [2.45, 2.75) is 44.1 Å². The lowest BCUT2D eigenvalue weighted by atomic mass is 9.98. The van der Waals surface area contributed by atoms with Gasteiger partial charge in [0.1, 0.15) is 12.0 Å². The van der Waals surface area contributed by atoms with Crippen LogP contribution in [0.2, 0.25) is 0 Å². The van der Waals surface area contributed by atoms with Crippen LogP contribution in [0.4, 0.5) is 0 Å². The van der Waals surface area contributed by atoms with E-state index in [1.807, 2.05) is 12.1 Å². The second-order valence-corrected chi connectivity index (χ2v) is 8.03. The highest BCUT2D eigenvalue weighted by molar-refractivity contribution is 5.86. The molecule has 0 aliphatic heterocycles. The maximum absolute atomic E-state index is 12.1. The second-order valence-electron chi connectivity index (χ2n) is 8.03. The molecule has 0 bridgehead atoms. The van der Waals surface area contributed by atoms with Gasteiger partial charge in [0.15, 0.2) is 0 Å². The number of carbonyl (C=O) groups excluding carboxylic acids is 1. The van der Waals surface area contributed by atoms with E-state index in [2.05, 4.69) is 58.0 Å². The standard InChI is InChI=1S/C24H21N5O2/c25-15-24(10-11-24)27-21(30)14-23-29-28-22(31-23)13-19-8-6-18-12-17(7-9-20(18)26-19)16-4-2-1-3-5-16/h2,4-9,12H,1,3,10-11,13-14H2,(H,27,30). The van der Waals surface area contributed by atoms with Gasteiger partial charge in [0.2, 0.25) is 17.7 Å². The van der Waals surface area contributed by atoms with E-state index in [0.717, 1.165) is 29.4 Å². The zero-order chi connectivity index (χ0) is 21.3. The number of hydrogen-bond acceptors (Lipinski definition) is 6. The van der Waals surface area contributed by atoms with Gasteiger partial charge in [-0.15, -0.1) is 10.2 Å². The molecule has 2 aromatic heterocycles. The Hall–Kier alpha value is -3.79. The molecule has 1 fully saturated rings. The molecule has 2 aliphatic rings. The summed E-state index contributed by atoms with van der Waals surface area (Å²) in [6.07, 6.45) is 10.6. The van der Waals surface area contributed by atoms with Crippen molar-refractivity contribution in [2.75, 3.05) is 0 Å². The third-order valence-electron chi connectivity index (χ3n) is 5.57. The molecule has 0 spiro atoms. The average Bonchev–Trinajstić information content (AvgIpc) is 3.44. The van der Waals surface area contributed by atoms with Crippen LogP contribution in [0, 0.1) is 11.3 Å². The minimum atomic E-state index is -0.696. The van der Waals surface area contributed by atoms with Gasteiger partial charge in [0, 0.05) is 5.39 Å². The summed E-state index contributed by atoms with van der Waals surface area (Å²) in [5.41, 5.74) is 3.48. The summed E-state index contributed by atoms with van der Waals surface area (Å²) in [5.74, 6) is 0.363. The fourth-order valence-electron chi connectivity index (χ4n) is 3.70. The first-order valence-electron chi connectivity index (χ1n) is 10.4. The van der Waals surface area contributed by atoms with Crippen molar-refractivity contribution in [1.29, 1.82) is 5.26 Å². The number of pyridine rings is 1. The highest BCUT2D eigenvalue weighted by Gasteiger charge is 2.44. The Bertz CT molecular complexity index is 1260. The normalized spacial score (nSPS) is 16.5. The summed E-state index contributed by atoms with van der Waals surface area (Å²) in [6.45, 7) is 0. The van der Waals surface area contributed by atoms with Crippen molar-refractivity contribution < 1.29 is 9.21 Å². The number of hydrogen-bond donors (Lipinski definition) is 1. The average molecular weight is 411 g/mol. The molecule has 0 atom stereocenters. The van der Waals surface area contributed by atoms with Crippen LogP contribution in [-0.2, 0) is 17.6 Å². The van der Waals surface area contributed by atoms with Gasteiger partial charge in [0.05, 0.1) is 23.7 Å². The Morgan fingerprint density at radius 2 is 2.03 bits per heavy atom. The fourth-order valence-corrected chi connectivity index (χ4v) is 3.70. The number of nitriles is 1. The molecule has 7 nitrogen and oxygen atoms in total. The van der Waals surface area contributed by atoms with E-state index in [9.17, 15) is 4.79 Å². The molecule has 7 heteroatoms. The quantitative estimate of drug-likeness (QED) is 0.664. The summed E-state index contributed by atoms with van der Waals surface area (Å²) < 4.78 is 5.62. The largest absolute Gasteiger partial charge is 0.424 e. The number of nitrogens with zero attached hydrogens (tertiary/aromatic N) is 4. The molecule has 1 N–H and O–H groups in total. The Balaban J connectivity index is 1.26. The molecule has 154 valence electrons. The number of rotatable bonds is 6. The van der Waals surface area contributed by atoms with Crippen molar-refractivity contribution in [3.8, 4) is 6.07 Å². The summed E-state index contributed by atoms with van der Waals surface area (Å²) >= 11 is 0. The molecule has 31 heavy (non-hydrogen) atoms. The van der Waals surface area contributed by atoms with Gasteiger partial charge in [-0.1, -0.05) is 30.4 Å². The Kier molecular flexibility index (Phi) is 4.83. The lowest BCUT2D eigenvalue weighted by Crippen LogP contribution is -2.36. The lowest BCUT2D eigenvalue weighted by Gasteiger charge is -2.09. The van der Waals surface area contributed by atoms with E-state index >= 15 is 0 Å². The van der Waals surface area contributed by atoms with Crippen LogP contribution >= 0.6 is 0 Å². The number of fused-ring (bicyclic) bond motifs is 1.